The summed E-state index contributed by atoms with van der Waals surface area (Å²) in [6, 6.07) is 8.03. The van der Waals surface area contributed by atoms with Crippen LogP contribution in [0.1, 0.15) is 38.3 Å². The molecule has 2 aromatic rings. The quantitative estimate of drug-likeness (QED) is 0.935. The molecule has 0 aliphatic rings. The Labute approximate surface area is 126 Å². The van der Waals surface area contributed by atoms with Crippen molar-refractivity contribution in [1.82, 2.24) is 10.3 Å². The van der Waals surface area contributed by atoms with Crippen molar-refractivity contribution in [1.29, 1.82) is 0 Å². The molecule has 2 rings (SSSR count). The van der Waals surface area contributed by atoms with Gasteiger partial charge >= 0.3 is 0 Å². The third kappa shape index (κ3) is 3.69. The van der Waals surface area contributed by atoms with Gasteiger partial charge in [-0.2, -0.15) is 0 Å². The van der Waals surface area contributed by atoms with Crippen LogP contribution in [0.3, 0.4) is 0 Å². The number of amides is 1. The summed E-state index contributed by atoms with van der Waals surface area (Å²) in [7, 11) is 0. The summed E-state index contributed by atoms with van der Waals surface area (Å²) in [4.78, 5) is 16.7. The zero-order valence-electron chi connectivity index (χ0n) is 13.2. The molecule has 1 aromatic carbocycles. The second-order valence-electron chi connectivity index (χ2n) is 5.55. The zero-order chi connectivity index (χ0) is 15.4. The molecule has 0 saturated carbocycles. The lowest BCUT2D eigenvalue weighted by Gasteiger charge is -2.11. The number of aromatic nitrogens is 1. The number of aryl methyl sites for hydroxylation is 4. The molecule has 1 heterocycles. The molecule has 0 radical (unpaired) electrons. The number of hydrogen-bond acceptors (Lipinski definition) is 2. The van der Waals surface area contributed by atoms with Gasteiger partial charge in [0.1, 0.15) is 0 Å². The lowest BCUT2D eigenvalue weighted by molar-refractivity contribution is 0.0953. The highest BCUT2D eigenvalue weighted by Crippen LogP contribution is 2.13. The van der Waals surface area contributed by atoms with Crippen LogP contribution in [0.5, 0.6) is 0 Å². The number of pyridine rings is 1. The summed E-state index contributed by atoms with van der Waals surface area (Å²) >= 11 is 0. The molecule has 3 nitrogen and oxygen atoms in total. The summed E-state index contributed by atoms with van der Waals surface area (Å²) in [5.74, 6) is -0.00429. The number of hydrogen-bond donors (Lipinski definition) is 1. The van der Waals surface area contributed by atoms with Crippen LogP contribution < -0.4 is 5.32 Å². The topological polar surface area (TPSA) is 42.0 Å². The summed E-state index contributed by atoms with van der Waals surface area (Å²) < 4.78 is 0. The molecule has 0 aliphatic heterocycles. The third-order valence-electron chi connectivity index (χ3n) is 3.68. The van der Waals surface area contributed by atoms with Crippen molar-refractivity contribution in [3.63, 3.8) is 0 Å². The van der Waals surface area contributed by atoms with Crippen molar-refractivity contribution < 1.29 is 4.79 Å². The van der Waals surface area contributed by atoms with Crippen LogP contribution in [-0.4, -0.2) is 17.4 Å². The maximum absolute atomic E-state index is 12.3. The van der Waals surface area contributed by atoms with Crippen molar-refractivity contribution in [2.75, 3.05) is 6.54 Å². The molecule has 21 heavy (non-hydrogen) atoms. The average molecular weight is 282 g/mol. The molecule has 3 heteroatoms. The minimum Gasteiger partial charge on any atom is -0.352 e. The molecule has 0 unspecified atom stereocenters. The molecule has 1 aromatic heterocycles. The van der Waals surface area contributed by atoms with Gasteiger partial charge in [0.05, 0.1) is 0 Å². The van der Waals surface area contributed by atoms with E-state index in [9.17, 15) is 4.79 Å². The van der Waals surface area contributed by atoms with Crippen LogP contribution in [0, 0.1) is 27.7 Å². The fraction of sp³-hybridized carbons (Fsp3) is 0.333. The Morgan fingerprint density at radius 2 is 1.76 bits per heavy atom. The van der Waals surface area contributed by atoms with Crippen molar-refractivity contribution in [3.05, 3.63) is 64.0 Å². The molecule has 110 valence electrons. The van der Waals surface area contributed by atoms with Crippen molar-refractivity contribution in [3.8, 4) is 0 Å². The first-order valence-corrected chi connectivity index (χ1v) is 7.25. The standard InChI is InChI=1S/C18H22N2O/c1-12-10-15(4)16(20-11-12)8-9-19-18(21)17-13(2)6-5-7-14(17)3/h5-7,10-11H,8-9H2,1-4H3,(H,19,21). The maximum Gasteiger partial charge on any atom is 0.251 e. The molecule has 0 bridgehead atoms. The van der Waals surface area contributed by atoms with Gasteiger partial charge < -0.3 is 5.32 Å². The molecule has 1 amide bonds. The summed E-state index contributed by atoms with van der Waals surface area (Å²) in [6.07, 6.45) is 2.62. The van der Waals surface area contributed by atoms with Gasteiger partial charge in [-0.1, -0.05) is 24.3 Å². The third-order valence-corrected chi connectivity index (χ3v) is 3.68. The lowest BCUT2D eigenvalue weighted by Crippen LogP contribution is -2.27. The predicted octanol–water partition coefficient (Wildman–Crippen LogP) is 3.29. The minimum absolute atomic E-state index is 0.00429. The second-order valence-corrected chi connectivity index (χ2v) is 5.55. The Balaban J connectivity index is 1.99. The first-order chi connectivity index (χ1) is 9.99. The van der Waals surface area contributed by atoms with E-state index in [0.29, 0.717) is 6.54 Å². The number of rotatable bonds is 4. The maximum atomic E-state index is 12.3. The average Bonchev–Trinajstić information content (AvgIpc) is 2.41. The molecule has 0 saturated heterocycles. The molecular formula is C18H22N2O. The first-order valence-electron chi connectivity index (χ1n) is 7.25. The highest BCUT2D eigenvalue weighted by molar-refractivity contribution is 5.97. The first kappa shape index (κ1) is 15.2. The van der Waals surface area contributed by atoms with Crippen LogP contribution >= 0.6 is 0 Å². The number of nitrogens with one attached hydrogen (secondary N) is 1. The van der Waals surface area contributed by atoms with Gasteiger partial charge in [0.15, 0.2) is 0 Å². The normalized spacial score (nSPS) is 10.5. The molecule has 1 N–H and O–H groups in total. The van der Waals surface area contributed by atoms with E-state index in [2.05, 4.69) is 23.3 Å². The van der Waals surface area contributed by atoms with Crippen LogP contribution in [0.2, 0.25) is 0 Å². The van der Waals surface area contributed by atoms with E-state index in [-0.39, 0.29) is 5.91 Å². The van der Waals surface area contributed by atoms with E-state index >= 15 is 0 Å². The van der Waals surface area contributed by atoms with E-state index in [1.54, 1.807) is 0 Å². The van der Waals surface area contributed by atoms with Crippen molar-refractivity contribution in [2.45, 2.75) is 34.1 Å². The Morgan fingerprint density at radius 1 is 1.10 bits per heavy atom. The fourth-order valence-corrected chi connectivity index (χ4v) is 2.56. The van der Waals surface area contributed by atoms with Crippen LogP contribution in [0.15, 0.2) is 30.5 Å². The number of carbonyl (C=O) groups is 1. The van der Waals surface area contributed by atoms with Gasteiger partial charge in [0.25, 0.3) is 5.91 Å². The van der Waals surface area contributed by atoms with Gasteiger partial charge in [-0.3, -0.25) is 9.78 Å². The summed E-state index contributed by atoms with van der Waals surface area (Å²) in [5, 5.41) is 2.99. The Bertz CT molecular complexity index is 642. The smallest absolute Gasteiger partial charge is 0.251 e. The Morgan fingerprint density at radius 3 is 2.38 bits per heavy atom. The highest BCUT2D eigenvalue weighted by atomic mass is 16.1. The van der Waals surface area contributed by atoms with Gasteiger partial charge in [0, 0.05) is 30.4 Å². The zero-order valence-corrected chi connectivity index (χ0v) is 13.2. The van der Waals surface area contributed by atoms with Crippen LogP contribution in [-0.2, 0) is 6.42 Å². The lowest BCUT2D eigenvalue weighted by atomic mass is 10.0. The van der Waals surface area contributed by atoms with Gasteiger partial charge in [-0.25, -0.2) is 0 Å². The number of nitrogens with zero attached hydrogens (tertiary/aromatic N) is 1. The summed E-state index contributed by atoms with van der Waals surface area (Å²) in [5.41, 5.74) is 6.19. The highest BCUT2D eigenvalue weighted by Gasteiger charge is 2.11. The number of carbonyl (C=O) groups excluding carboxylic acids is 1. The van der Waals surface area contributed by atoms with Crippen molar-refractivity contribution >= 4 is 5.91 Å². The van der Waals surface area contributed by atoms with Gasteiger partial charge in [-0.05, 0) is 49.9 Å². The van der Waals surface area contributed by atoms with E-state index in [4.69, 9.17) is 0 Å². The Kier molecular flexibility index (Phi) is 4.73. The molecule has 0 spiro atoms. The van der Waals surface area contributed by atoms with E-state index in [1.165, 1.54) is 5.56 Å². The minimum atomic E-state index is -0.00429. The second kappa shape index (κ2) is 6.53. The summed E-state index contributed by atoms with van der Waals surface area (Å²) in [6.45, 7) is 8.62. The van der Waals surface area contributed by atoms with Gasteiger partial charge in [-0.15, -0.1) is 0 Å². The number of benzene rings is 1. The molecule has 0 fully saturated rings. The van der Waals surface area contributed by atoms with Crippen LogP contribution in [0.25, 0.3) is 0 Å². The van der Waals surface area contributed by atoms with Crippen molar-refractivity contribution in [2.24, 2.45) is 0 Å². The van der Waals surface area contributed by atoms with E-state index < -0.39 is 0 Å². The van der Waals surface area contributed by atoms with Gasteiger partial charge in [0.2, 0.25) is 0 Å². The monoisotopic (exact) mass is 282 g/mol. The fourth-order valence-electron chi connectivity index (χ4n) is 2.56. The molecular weight excluding hydrogens is 260 g/mol. The predicted molar refractivity (Wildman–Crippen MR) is 85.7 cm³/mol. The largest absolute Gasteiger partial charge is 0.352 e. The van der Waals surface area contributed by atoms with E-state index in [1.807, 2.05) is 45.2 Å². The molecule has 0 atom stereocenters. The van der Waals surface area contributed by atoms with E-state index in [0.717, 1.165) is 34.4 Å². The SMILES string of the molecule is Cc1cnc(CCNC(=O)c2c(C)cccc2C)c(C)c1. The Hall–Kier alpha value is -2.16. The molecule has 0 aliphatic carbocycles. The van der Waals surface area contributed by atoms with Crippen LogP contribution in [0.4, 0.5) is 0 Å².